The van der Waals surface area contributed by atoms with Crippen molar-refractivity contribution in [2.24, 2.45) is 0 Å². The van der Waals surface area contributed by atoms with Gasteiger partial charge < -0.3 is 18.8 Å². The molecule has 2 heterocycles. The van der Waals surface area contributed by atoms with Gasteiger partial charge in [0.25, 0.3) is 11.1 Å². The van der Waals surface area contributed by atoms with E-state index in [1.807, 2.05) is 54.6 Å². The maximum absolute atomic E-state index is 13.3. The van der Waals surface area contributed by atoms with Crippen molar-refractivity contribution in [1.82, 2.24) is 9.47 Å². The Morgan fingerprint density at radius 3 is 2.41 bits per heavy atom. The van der Waals surface area contributed by atoms with E-state index in [0.29, 0.717) is 24.5 Å². The summed E-state index contributed by atoms with van der Waals surface area (Å²) in [5.41, 5.74) is 5.13. The molecule has 39 heavy (non-hydrogen) atoms. The average molecular weight is 535 g/mol. The van der Waals surface area contributed by atoms with Crippen LogP contribution in [0.2, 0.25) is 0 Å². The van der Waals surface area contributed by atoms with Crippen LogP contribution in [0.15, 0.2) is 96.8 Å². The number of amides is 1. The third kappa shape index (κ3) is 4.51. The summed E-state index contributed by atoms with van der Waals surface area (Å²) in [7, 11) is 3.22. The average Bonchev–Trinajstić information content (AvgIpc) is 3.44. The van der Waals surface area contributed by atoms with Crippen molar-refractivity contribution >= 4 is 51.2 Å². The molecule has 1 aliphatic heterocycles. The molecule has 0 spiro atoms. The predicted octanol–water partition coefficient (Wildman–Crippen LogP) is 6.53. The number of rotatable bonds is 7. The Kier molecular flexibility index (Phi) is 6.50. The standard InChI is InChI=1S/C32H26N2O4S/c1-36-24-14-13-22(29(20-24)37-2)16-17-33-31(35)30(38-32(33)39)19-21-12-15-28-26(18-21)25-10-6-7-11-27(25)34(28)23-8-4-3-5-9-23/h3-15,18-20H,16-17H2,1-2H3. The molecular formula is C32H26N2O4S. The number of fused-ring (bicyclic) bond motifs is 3. The fraction of sp³-hybridized carbons (Fsp3) is 0.125. The molecule has 0 radical (unpaired) electrons. The third-order valence-electron chi connectivity index (χ3n) is 6.98. The minimum absolute atomic E-state index is 0.153. The minimum Gasteiger partial charge on any atom is -0.497 e. The number of carbonyl (C=O) groups excluding carboxylic acids is 1. The first-order valence-corrected chi connectivity index (χ1v) is 13.0. The fourth-order valence-electron chi connectivity index (χ4n) is 5.07. The summed E-state index contributed by atoms with van der Waals surface area (Å²) in [6, 6.07) is 30.4. The Morgan fingerprint density at radius 2 is 1.62 bits per heavy atom. The molecular weight excluding hydrogens is 508 g/mol. The molecule has 0 aliphatic carbocycles. The second kappa shape index (κ2) is 10.3. The van der Waals surface area contributed by atoms with E-state index >= 15 is 0 Å². The van der Waals surface area contributed by atoms with Gasteiger partial charge >= 0.3 is 0 Å². The smallest absolute Gasteiger partial charge is 0.297 e. The van der Waals surface area contributed by atoms with Crippen LogP contribution in [0.4, 0.5) is 0 Å². The number of nitrogens with zero attached hydrogens (tertiary/aromatic N) is 2. The zero-order valence-electron chi connectivity index (χ0n) is 21.6. The highest BCUT2D eigenvalue weighted by Crippen LogP contribution is 2.33. The molecule has 1 aliphatic rings. The molecule has 1 fully saturated rings. The first-order chi connectivity index (χ1) is 19.1. The number of para-hydroxylation sites is 2. The van der Waals surface area contributed by atoms with Gasteiger partial charge in [-0.1, -0.05) is 48.5 Å². The van der Waals surface area contributed by atoms with Gasteiger partial charge in [-0.3, -0.25) is 9.69 Å². The van der Waals surface area contributed by atoms with Crippen molar-refractivity contribution in [3.63, 3.8) is 0 Å². The molecule has 0 unspecified atom stereocenters. The number of benzene rings is 4. The highest BCUT2D eigenvalue weighted by Gasteiger charge is 2.33. The number of aromatic nitrogens is 1. The summed E-state index contributed by atoms with van der Waals surface area (Å²) in [4.78, 5) is 14.7. The molecule has 194 valence electrons. The summed E-state index contributed by atoms with van der Waals surface area (Å²) in [6.45, 7) is 0.376. The monoisotopic (exact) mass is 534 g/mol. The Hall–Kier alpha value is -4.62. The normalized spacial score (nSPS) is 14.4. The lowest BCUT2D eigenvalue weighted by atomic mass is 10.1. The van der Waals surface area contributed by atoms with E-state index < -0.39 is 0 Å². The van der Waals surface area contributed by atoms with E-state index in [1.165, 1.54) is 4.90 Å². The predicted molar refractivity (Wildman–Crippen MR) is 157 cm³/mol. The van der Waals surface area contributed by atoms with Crippen LogP contribution in [0.1, 0.15) is 11.1 Å². The first-order valence-electron chi connectivity index (χ1n) is 12.6. The molecule has 0 bridgehead atoms. The van der Waals surface area contributed by atoms with Gasteiger partial charge in [-0.25, -0.2) is 0 Å². The zero-order chi connectivity index (χ0) is 26.9. The van der Waals surface area contributed by atoms with Gasteiger partial charge in [-0.15, -0.1) is 0 Å². The maximum Gasteiger partial charge on any atom is 0.297 e. The van der Waals surface area contributed by atoms with E-state index in [4.69, 9.17) is 26.4 Å². The van der Waals surface area contributed by atoms with Gasteiger partial charge in [0, 0.05) is 29.1 Å². The summed E-state index contributed by atoms with van der Waals surface area (Å²) in [5.74, 6) is 1.37. The van der Waals surface area contributed by atoms with Crippen LogP contribution in [0.25, 0.3) is 33.6 Å². The summed E-state index contributed by atoms with van der Waals surface area (Å²) in [5, 5.41) is 2.39. The summed E-state index contributed by atoms with van der Waals surface area (Å²) in [6.07, 6.45) is 2.32. The van der Waals surface area contributed by atoms with Crippen LogP contribution in [0.3, 0.4) is 0 Å². The number of hydrogen-bond acceptors (Lipinski definition) is 5. The number of hydrogen-bond donors (Lipinski definition) is 0. The van der Waals surface area contributed by atoms with Gasteiger partial charge in [0.1, 0.15) is 11.5 Å². The topological polar surface area (TPSA) is 52.9 Å². The van der Waals surface area contributed by atoms with Gasteiger partial charge in [-0.2, -0.15) is 0 Å². The van der Waals surface area contributed by atoms with Crippen molar-refractivity contribution < 1.29 is 19.0 Å². The largest absolute Gasteiger partial charge is 0.497 e. The van der Waals surface area contributed by atoms with E-state index in [2.05, 4.69) is 41.0 Å². The van der Waals surface area contributed by atoms with Gasteiger partial charge in [-0.05, 0) is 72.2 Å². The lowest BCUT2D eigenvalue weighted by Gasteiger charge is -2.14. The van der Waals surface area contributed by atoms with E-state index in [0.717, 1.165) is 38.6 Å². The molecule has 0 N–H and O–H groups in total. The van der Waals surface area contributed by atoms with Crippen LogP contribution < -0.4 is 9.47 Å². The zero-order valence-corrected chi connectivity index (χ0v) is 22.4. The number of ether oxygens (including phenoxy) is 3. The minimum atomic E-state index is -0.251. The Labute approximate surface area is 231 Å². The number of methoxy groups -OCH3 is 2. The molecule has 1 amide bonds. The van der Waals surface area contributed by atoms with Crippen LogP contribution in [0.5, 0.6) is 11.5 Å². The van der Waals surface area contributed by atoms with Gasteiger partial charge in [0.15, 0.2) is 5.76 Å². The van der Waals surface area contributed by atoms with Crippen molar-refractivity contribution in [1.29, 1.82) is 0 Å². The summed E-state index contributed by atoms with van der Waals surface area (Å²) >= 11 is 5.41. The van der Waals surface area contributed by atoms with Crippen LogP contribution >= 0.6 is 12.2 Å². The lowest BCUT2D eigenvalue weighted by Crippen LogP contribution is -2.30. The lowest BCUT2D eigenvalue weighted by molar-refractivity contribution is -0.122. The molecule has 4 aromatic carbocycles. The van der Waals surface area contributed by atoms with Crippen molar-refractivity contribution in [3.05, 3.63) is 108 Å². The quantitative estimate of drug-likeness (QED) is 0.176. The van der Waals surface area contributed by atoms with Gasteiger partial charge in [0.2, 0.25) is 0 Å². The Bertz CT molecular complexity index is 1760. The first kappa shape index (κ1) is 24.7. The van der Waals surface area contributed by atoms with E-state index in [9.17, 15) is 4.79 Å². The van der Waals surface area contributed by atoms with Crippen molar-refractivity contribution in [3.8, 4) is 17.2 Å². The Morgan fingerprint density at radius 1 is 0.846 bits per heavy atom. The van der Waals surface area contributed by atoms with Crippen LogP contribution in [-0.4, -0.2) is 41.3 Å². The highest BCUT2D eigenvalue weighted by atomic mass is 32.1. The van der Waals surface area contributed by atoms with E-state index in [-0.39, 0.29) is 16.8 Å². The molecule has 1 aromatic heterocycles. The second-order valence-electron chi connectivity index (χ2n) is 9.23. The Balaban J connectivity index is 1.29. The molecule has 6 nitrogen and oxygen atoms in total. The molecule has 6 rings (SSSR count). The number of carbonyl (C=O) groups is 1. The molecule has 5 aromatic rings. The molecule has 0 atom stereocenters. The van der Waals surface area contributed by atoms with Crippen LogP contribution in [0, 0.1) is 0 Å². The second-order valence-corrected chi connectivity index (χ2v) is 9.58. The maximum atomic E-state index is 13.3. The molecule has 1 saturated heterocycles. The third-order valence-corrected chi connectivity index (χ3v) is 7.29. The van der Waals surface area contributed by atoms with Crippen molar-refractivity contribution in [2.45, 2.75) is 6.42 Å². The van der Waals surface area contributed by atoms with Crippen LogP contribution in [-0.2, 0) is 16.0 Å². The summed E-state index contributed by atoms with van der Waals surface area (Å²) < 4.78 is 18.8. The SMILES string of the molecule is COc1ccc(CCN2C(=O)C(=Cc3ccc4c(c3)c3ccccc3n4-c3ccccc3)OC2=S)c(OC)c1. The van der Waals surface area contributed by atoms with Crippen molar-refractivity contribution in [2.75, 3.05) is 20.8 Å². The molecule has 0 saturated carbocycles. The van der Waals surface area contributed by atoms with Gasteiger partial charge in [0.05, 0.1) is 25.3 Å². The van der Waals surface area contributed by atoms with E-state index in [1.54, 1.807) is 20.3 Å². The number of thiocarbonyl (C=S) groups is 1. The molecule has 7 heteroatoms. The fourth-order valence-corrected chi connectivity index (χ4v) is 5.33. The highest BCUT2D eigenvalue weighted by molar-refractivity contribution is 7.80.